The van der Waals surface area contributed by atoms with E-state index in [9.17, 15) is 0 Å². The zero-order chi connectivity index (χ0) is 11.7. The summed E-state index contributed by atoms with van der Waals surface area (Å²) in [7, 11) is 0. The number of hydrogen-bond acceptors (Lipinski definition) is 3. The molecule has 0 aromatic heterocycles. The van der Waals surface area contributed by atoms with Crippen LogP contribution in [0.1, 0.15) is 26.2 Å². The van der Waals surface area contributed by atoms with Gasteiger partial charge in [-0.1, -0.05) is 6.92 Å². The molecule has 0 spiro atoms. The van der Waals surface area contributed by atoms with E-state index in [2.05, 4.69) is 22.0 Å². The van der Waals surface area contributed by atoms with Crippen LogP contribution < -0.4 is 5.32 Å². The highest BCUT2D eigenvalue weighted by molar-refractivity contribution is 4.94. The molecule has 0 radical (unpaired) electrons. The van der Waals surface area contributed by atoms with Crippen molar-refractivity contribution in [1.82, 2.24) is 15.1 Å². The molecule has 0 aliphatic carbocycles. The molecule has 0 bridgehead atoms. The predicted molar refractivity (Wildman–Crippen MR) is 71.2 cm³/mol. The van der Waals surface area contributed by atoms with Gasteiger partial charge in [0.25, 0.3) is 0 Å². The Morgan fingerprint density at radius 1 is 1.06 bits per heavy atom. The van der Waals surface area contributed by atoms with Gasteiger partial charge in [0.15, 0.2) is 0 Å². The normalized spacial score (nSPS) is 40.4. The Morgan fingerprint density at radius 3 is 2.53 bits per heavy atom. The molecule has 3 aliphatic rings. The topological polar surface area (TPSA) is 18.5 Å². The average molecular weight is 237 g/mol. The zero-order valence-electron chi connectivity index (χ0n) is 11.2. The SMILES string of the molecule is CCN1CCCC(N2CC3CNCC3C2)CC1. The highest BCUT2D eigenvalue weighted by Gasteiger charge is 2.38. The fraction of sp³-hybridized carbons (Fsp3) is 1.00. The molecule has 3 heteroatoms. The third kappa shape index (κ3) is 2.51. The smallest absolute Gasteiger partial charge is 0.0108 e. The Bertz CT molecular complexity index is 244. The van der Waals surface area contributed by atoms with Gasteiger partial charge in [-0.15, -0.1) is 0 Å². The van der Waals surface area contributed by atoms with Gasteiger partial charge >= 0.3 is 0 Å². The van der Waals surface area contributed by atoms with Gasteiger partial charge in [0, 0.05) is 19.1 Å². The fourth-order valence-electron chi connectivity index (χ4n) is 4.01. The summed E-state index contributed by atoms with van der Waals surface area (Å²) >= 11 is 0. The molecule has 3 fully saturated rings. The second kappa shape index (κ2) is 5.25. The van der Waals surface area contributed by atoms with E-state index in [4.69, 9.17) is 0 Å². The predicted octanol–water partition coefficient (Wildman–Crippen LogP) is 1.01. The van der Waals surface area contributed by atoms with Crippen LogP contribution in [0.4, 0.5) is 0 Å². The molecule has 3 heterocycles. The van der Waals surface area contributed by atoms with E-state index < -0.39 is 0 Å². The first-order valence-electron chi connectivity index (χ1n) is 7.54. The van der Waals surface area contributed by atoms with Crippen molar-refractivity contribution < 1.29 is 0 Å². The fourth-order valence-corrected chi connectivity index (χ4v) is 4.01. The minimum Gasteiger partial charge on any atom is -0.316 e. The van der Waals surface area contributed by atoms with E-state index in [1.807, 2.05) is 0 Å². The minimum absolute atomic E-state index is 0.886. The summed E-state index contributed by atoms with van der Waals surface area (Å²) in [6.07, 6.45) is 4.24. The number of nitrogens with zero attached hydrogens (tertiary/aromatic N) is 2. The summed E-state index contributed by atoms with van der Waals surface area (Å²) < 4.78 is 0. The Labute approximate surface area is 106 Å². The largest absolute Gasteiger partial charge is 0.316 e. The van der Waals surface area contributed by atoms with Gasteiger partial charge in [-0.3, -0.25) is 4.90 Å². The van der Waals surface area contributed by atoms with E-state index in [1.165, 1.54) is 65.1 Å². The molecule has 0 aromatic carbocycles. The van der Waals surface area contributed by atoms with Crippen LogP contribution in [0.15, 0.2) is 0 Å². The molecule has 3 nitrogen and oxygen atoms in total. The zero-order valence-corrected chi connectivity index (χ0v) is 11.2. The van der Waals surface area contributed by atoms with Crippen LogP contribution in [0.5, 0.6) is 0 Å². The highest BCUT2D eigenvalue weighted by Crippen LogP contribution is 2.30. The van der Waals surface area contributed by atoms with Gasteiger partial charge in [-0.25, -0.2) is 0 Å². The van der Waals surface area contributed by atoms with Crippen LogP contribution in [-0.4, -0.2) is 61.7 Å². The van der Waals surface area contributed by atoms with E-state index in [0.717, 1.165) is 17.9 Å². The molecule has 3 atom stereocenters. The van der Waals surface area contributed by atoms with Crippen LogP contribution in [0.3, 0.4) is 0 Å². The molecular weight excluding hydrogens is 210 g/mol. The van der Waals surface area contributed by atoms with Crippen LogP contribution in [-0.2, 0) is 0 Å². The lowest BCUT2D eigenvalue weighted by Gasteiger charge is -2.27. The molecule has 3 unspecified atom stereocenters. The summed E-state index contributed by atoms with van der Waals surface area (Å²) in [6.45, 7) is 11.5. The van der Waals surface area contributed by atoms with Gasteiger partial charge in [-0.05, 0) is 63.8 Å². The lowest BCUT2D eigenvalue weighted by atomic mass is 10.0. The van der Waals surface area contributed by atoms with Crippen molar-refractivity contribution in [1.29, 1.82) is 0 Å². The number of hydrogen-bond donors (Lipinski definition) is 1. The van der Waals surface area contributed by atoms with Crippen molar-refractivity contribution >= 4 is 0 Å². The quantitative estimate of drug-likeness (QED) is 0.773. The van der Waals surface area contributed by atoms with Crippen molar-refractivity contribution in [3.63, 3.8) is 0 Å². The average Bonchev–Trinajstić information content (AvgIpc) is 2.83. The maximum absolute atomic E-state index is 3.54. The minimum atomic E-state index is 0.886. The molecular formula is C14H27N3. The van der Waals surface area contributed by atoms with E-state index in [1.54, 1.807) is 0 Å². The van der Waals surface area contributed by atoms with Crippen molar-refractivity contribution in [3.05, 3.63) is 0 Å². The van der Waals surface area contributed by atoms with Gasteiger partial charge in [0.1, 0.15) is 0 Å². The summed E-state index contributed by atoms with van der Waals surface area (Å²) in [5.74, 6) is 1.92. The van der Waals surface area contributed by atoms with Gasteiger partial charge in [-0.2, -0.15) is 0 Å². The van der Waals surface area contributed by atoms with Gasteiger partial charge < -0.3 is 10.2 Å². The summed E-state index contributed by atoms with van der Waals surface area (Å²) in [6, 6.07) is 0.886. The van der Waals surface area contributed by atoms with Crippen LogP contribution >= 0.6 is 0 Å². The van der Waals surface area contributed by atoms with E-state index >= 15 is 0 Å². The van der Waals surface area contributed by atoms with Crippen molar-refractivity contribution in [2.24, 2.45) is 11.8 Å². The number of rotatable bonds is 2. The summed E-state index contributed by atoms with van der Waals surface area (Å²) in [4.78, 5) is 5.44. The standard InChI is InChI=1S/C14H27N3/c1-2-16-6-3-4-14(5-7-16)17-10-12-8-15-9-13(12)11-17/h12-15H,2-11H2,1H3. The lowest BCUT2D eigenvalue weighted by Crippen LogP contribution is -2.36. The molecule has 0 amide bonds. The van der Waals surface area contributed by atoms with E-state index in [-0.39, 0.29) is 0 Å². The molecule has 98 valence electrons. The Morgan fingerprint density at radius 2 is 1.82 bits per heavy atom. The first kappa shape index (κ1) is 11.9. The lowest BCUT2D eigenvalue weighted by molar-refractivity contribution is 0.203. The first-order valence-corrected chi connectivity index (χ1v) is 7.54. The molecule has 0 aromatic rings. The molecule has 1 N–H and O–H groups in total. The second-order valence-corrected chi connectivity index (χ2v) is 6.15. The molecule has 3 saturated heterocycles. The van der Waals surface area contributed by atoms with Gasteiger partial charge in [0.05, 0.1) is 0 Å². The maximum atomic E-state index is 3.54. The Kier molecular flexibility index (Phi) is 3.69. The number of fused-ring (bicyclic) bond motifs is 1. The van der Waals surface area contributed by atoms with Gasteiger partial charge in [0.2, 0.25) is 0 Å². The van der Waals surface area contributed by atoms with Crippen LogP contribution in [0, 0.1) is 11.8 Å². The van der Waals surface area contributed by atoms with E-state index in [0.29, 0.717) is 0 Å². The highest BCUT2D eigenvalue weighted by atomic mass is 15.2. The third-order valence-electron chi connectivity index (χ3n) is 5.17. The Hall–Kier alpha value is -0.120. The summed E-state index contributed by atoms with van der Waals surface area (Å²) in [5.41, 5.74) is 0. The maximum Gasteiger partial charge on any atom is 0.0108 e. The first-order chi connectivity index (χ1) is 8.36. The molecule has 3 rings (SSSR count). The van der Waals surface area contributed by atoms with Crippen LogP contribution in [0.25, 0.3) is 0 Å². The monoisotopic (exact) mass is 237 g/mol. The second-order valence-electron chi connectivity index (χ2n) is 6.15. The third-order valence-corrected chi connectivity index (χ3v) is 5.17. The molecule has 0 saturated carbocycles. The molecule has 17 heavy (non-hydrogen) atoms. The number of nitrogens with one attached hydrogen (secondary N) is 1. The number of likely N-dealkylation sites (tertiary alicyclic amines) is 2. The van der Waals surface area contributed by atoms with Crippen LogP contribution in [0.2, 0.25) is 0 Å². The van der Waals surface area contributed by atoms with Crippen molar-refractivity contribution in [2.45, 2.75) is 32.2 Å². The summed E-state index contributed by atoms with van der Waals surface area (Å²) in [5, 5.41) is 3.54. The molecule has 3 aliphatic heterocycles. The Balaban J connectivity index is 1.54. The van der Waals surface area contributed by atoms with Crippen molar-refractivity contribution in [2.75, 3.05) is 45.8 Å². The van der Waals surface area contributed by atoms with Crippen molar-refractivity contribution in [3.8, 4) is 0 Å².